The van der Waals surface area contributed by atoms with Gasteiger partial charge in [-0.05, 0) is 49.9 Å². The second kappa shape index (κ2) is 8.44. The molecular weight excluding hydrogens is 342 g/mol. The first kappa shape index (κ1) is 19.4. The first-order valence-corrected chi connectivity index (χ1v) is 10.0. The molecule has 0 aliphatic heterocycles. The molecule has 25 heavy (non-hydrogen) atoms. The minimum atomic E-state index is -3.84. The maximum Gasteiger partial charge on any atom is 0.251 e. The van der Waals surface area contributed by atoms with E-state index < -0.39 is 16.1 Å². The number of sulfonamides is 1. The first-order chi connectivity index (χ1) is 11.9. The van der Waals surface area contributed by atoms with Gasteiger partial charge in [0.15, 0.2) is 0 Å². The summed E-state index contributed by atoms with van der Waals surface area (Å²) < 4.78 is 27.3. The van der Waals surface area contributed by atoms with E-state index in [4.69, 9.17) is 0 Å². The molecule has 0 spiro atoms. The van der Waals surface area contributed by atoms with Gasteiger partial charge >= 0.3 is 0 Å². The van der Waals surface area contributed by atoms with Crippen LogP contribution < -0.4 is 15.4 Å². The third-order valence-electron chi connectivity index (χ3n) is 4.30. The number of hydrogen-bond acceptors (Lipinski definition) is 4. The predicted octanol–water partition coefficient (Wildman–Crippen LogP) is 1.16. The third kappa shape index (κ3) is 5.02. The SMILES string of the molecule is CCCC(NS(=O)(=O)c1ccc(C(=O)NC2CCC2)cc1)C(=O)NC. The molecule has 2 amide bonds. The van der Waals surface area contributed by atoms with E-state index in [2.05, 4.69) is 15.4 Å². The molecule has 0 bridgehead atoms. The lowest BCUT2D eigenvalue weighted by Gasteiger charge is -2.26. The fourth-order valence-electron chi connectivity index (χ4n) is 2.57. The smallest absolute Gasteiger partial charge is 0.251 e. The molecule has 0 heterocycles. The van der Waals surface area contributed by atoms with Gasteiger partial charge in [0.25, 0.3) is 5.91 Å². The van der Waals surface area contributed by atoms with Gasteiger partial charge in [0.05, 0.1) is 4.90 Å². The minimum Gasteiger partial charge on any atom is -0.358 e. The Bertz CT molecular complexity index is 712. The number of nitrogens with one attached hydrogen (secondary N) is 3. The van der Waals surface area contributed by atoms with Crippen molar-refractivity contribution in [3.8, 4) is 0 Å². The van der Waals surface area contributed by atoms with Crippen LogP contribution in [0.2, 0.25) is 0 Å². The molecule has 7 nitrogen and oxygen atoms in total. The highest BCUT2D eigenvalue weighted by atomic mass is 32.2. The lowest BCUT2D eigenvalue weighted by molar-refractivity contribution is -0.122. The Labute approximate surface area is 148 Å². The largest absolute Gasteiger partial charge is 0.358 e. The Morgan fingerprint density at radius 1 is 1.20 bits per heavy atom. The zero-order valence-electron chi connectivity index (χ0n) is 14.5. The second-order valence-corrected chi connectivity index (χ2v) is 7.92. The third-order valence-corrected chi connectivity index (χ3v) is 5.79. The average Bonchev–Trinajstić information content (AvgIpc) is 2.56. The van der Waals surface area contributed by atoms with Gasteiger partial charge in [-0.3, -0.25) is 9.59 Å². The van der Waals surface area contributed by atoms with Crippen molar-refractivity contribution in [3.63, 3.8) is 0 Å². The van der Waals surface area contributed by atoms with Gasteiger partial charge in [-0.1, -0.05) is 13.3 Å². The minimum absolute atomic E-state index is 0.0256. The van der Waals surface area contributed by atoms with Crippen molar-refractivity contribution in [2.24, 2.45) is 0 Å². The molecule has 2 rings (SSSR count). The summed E-state index contributed by atoms with van der Waals surface area (Å²) in [5.74, 6) is -0.572. The van der Waals surface area contributed by atoms with Crippen molar-refractivity contribution in [2.75, 3.05) is 7.05 Å². The van der Waals surface area contributed by atoms with Crippen LogP contribution in [0.5, 0.6) is 0 Å². The Balaban J connectivity index is 2.08. The van der Waals surface area contributed by atoms with Gasteiger partial charge in [0, 0.05) is 18.7 Å². The van der Waals surface area contributed by atoms with Gasteiger partial charge < -0.3 is 10.6 Å². The first-order valence-electron chi connectivity index (χ1n) is 8.52. The Morgan fingerprint density at radius 3 is 2.32 bits per heavy atom. The van der Waals surface area contributed by atoms with Gasteiger partial charge in [-0.25, -0.2) is 8.42 Å². The number of carbonyl (C=O) groups is 2. The van der Waals surface area contributed by atoms with E-state index in [1.807, 2.05) is 6.92 Å². The molecule has 0 radical (unpaired) electrons. The molecule has 0 saturated heterocycles. The lowest BCUT2D eigenvalue weighted by atomic mass is 9.93. The van der Waals surface area contributed by atoms with Crippen LogP contribution in [0.15, 0.2) is 29.2 Å². The number of hydrogen-bond donors (Lipinski definition) is 3. The van der Waals surface area contributed by atoms with Crippen molar-refractivity contribution in [3.05, 3.63) is 29.8 Å². The Morgan fingerprint density at radius 2 is 1.84 bits per heavy atom. The highest BCUT2D eigenvalue weighted by Gasteiger charge is 2.25. The van der Waals surface area contributed by atoms with Crippen LogP contribution in [0.25, 0.3) is 0 Å². The van der Waals surface area contributed by atoms with E-state index in [0.717, 1.165) is 19.3 Å². The van der Waals surface area contributed by atoms with E-state index in [1.54, 1.807) is 0 Å². The second-order valence-electron chi connectivity index (χ2n) is 6.20. The molecule has 1 atom stereocenters. The molecule has 0 aromatic heterocycles. The van der Waals surface area contributed by atoms with Gasteiger partial charge in [0.1, 0.15) is 6.04 Å². The summed E-state index contributed by atoms with van der Waals surface area (Å²) in [6, 6.07) is 5.13. The van der Waals surface area contributed by atoms with Gasteiger partial charge in [-0.2, -0.15) is 4.72 Å². The van der Waals surface area contributed by atoms with Gasteiger partial charge in [-0.15, -0.1) is 0 Å². The summed E-state index contributed by atoms with van der Waals surface area (Å²) in [6.45, 7) is 1.87. The number of likely N-dealkylation sites (N-methyl/N-ethyl adjacent to an activating group) is 1. The van der Waals surface area contributed by atoms with E-state index in [-0.39, 0.29) is 22.8 Å². The molecule has 1 unspecified atom stereocenters. The average molecular weight is 367 g/mol. The van der Waals surface area contributed by atoms with Crippen LogP contribution in [0.3, 0.4) is 0 Å². The van der Waals surface area contributed by atoms with Crippen molar-refractivity contribution < 1.29 is 18.0 Å². The molecule has 3 N–H and O–H groups in total. The topological polar surface area (TPSA) is 104 Å². The maximum atomic E-state index is 12.5. The maximum absolute atomic E-state index is 12.5. The molecule has 1 fully saturated rings. The molecular formula is C17H25N3O4S. The fourth-order valence-corrected chi connectivity index (χ4v) is 3.80. The van der Waals surface area contributed by atoms with Gasteiger partial charge in [0.2, 0.25) is 15.9 Å². The summed E-state index contributed by atoms with van der Waals surface area (Å²) >= 11 is 0. The van der Waals surface area contributed by atoms with Crippen molar-refractivity contribution in [1.82, 2.24) is 15.4 Å². The monoisotopic (exact) mass is 367 g/mol. The Hall–Kier alpha value is -1.93. The van der Waals surface area contributed by atoms with Crippen LogP contribution in [0, 0.1) is 0 Å². The summed E-state index contributed by atoms with van der Waals surface area (Å²) in [5, 5.41) is 5.36. The number of benzene rings is 1. The summed E-state index contributed by atoms with van der Waals surface area (Å²) in [6.07, 6.45) is 4.17. The Kier molecular flexibility index (Phi) is 6.55. The van der Waals surface area contributed by atoms with Crippen molar-refractivity contribution in [2.45, 2.75) is 56.0 Å². The van der Waals surface area contributed by atoms with E-state index in [9.17, 15) is 18.0 Å². The quantitative estimate of drug-likeness (QED) is 0.641. The molecule has 8 heteroatoms. The predicted molar refractivity (Wildman–Crippen MR) is 94.6 cm³/mol. The van der Waals surface area contributed by atoms with Crippen molar-refractivity contribution in [1.29, 1.82) is 0 Å². The molecule has 1 aromatic carbocycles. The normalized spacial score (nSPS) is 15.9. The van der Waals surface area contributed by atoms with Crippen LogP contribution in [-0.4, -0.2) is 39.4 Å². The van der Waals surface area contributed by atoms with Crippen LogP contribution in [0.4, 0.5) is 0 Å². The summed E-state index contributed by atoms with van der Waals surface area (Å²) in [5.41, 5.74) is 0.419. The lowest BCUT2D eigenvalue weighted by Crippen LogP contribution is -2.45. The highest BCUT2D eigenvalue weighted by Crippen LogP contribution is 2.19. The van der Waals surface area contributed by atoms with Crippen molar-refractivity contribution >= 4 is 21.8 Å². The molecule has 1 saturated carbocycles. The summed E-state index contributed by atoms with van der Waals surface area (Å²) in [4.78, 5) is 23.9. The van der Waals surface area contributed by atoms with E-state index in [1.165, 1.54) is 31.3 Å². The van der Waals surface area contributed by atoms with E-state index >= 15 is 0 Å². The van der Waals surface area contributed by atoms with Crippen LogP contribution in [0.1, 0.15) is 49.4 Å². The molecule has 1 aliphatic rings. The van der Waals surface area contributed by atoms with Crippen LogP contribution in [-0.2, 0) is 14.8 Å². The standard InChI is InChI=1S/C17H25N3O4S/c1-3-5-15(17(22)18-2)20-25(23,24)14-10-8-12(9-11-14)16(21)19-13-6-4-7-13/h8-11,13,15,20H,3-7H2,1-2H3,(H,18,22)(H,19,21). The zero-order chi connectivity index (χ0) is 18.4. The summed E-state index contributed by atoms with van der Waals surface area (Å²) in [7, 11) is -2.37. The molecule has 1 aliphatic carbocycles. The fraction of sp³-hybridized carbons (Fsp3) is 0.529. The molecule has 138 valence electrons. The number of carbonyl (C=O) groups excluding carboxylic acids is 2. The number of amides is 2. The highest BCUT2D eigenvalue weighted by molar-refractivity contribution is 7.89. The zero-order valence-corrected chi connectivity index (χ0v) is 15.4. The van der Waals surface area contributed by atoms with Crippen LogP contribution >= 0.6 is 0 Å². The van der Waals surface area contributed by atoms with E-state index in [0.29, 0.717) is 18.4 Å². The number of rotatable bonds is 8. The molecule has 1 aromatic rings.